The number of imidazole rings is 1. The molecule has 2 aliphatic heterocycles. The minimum atomic E-state index is 0.341. The van der Waals surface area contributed by atoms with Crippen molar-refractivity contribution in [1.29, 1.82) is 0 Å². The summed E-state index contributed by atoms with van der Waals surface area (Å²) >= 11 is 6.13. The second-order valence-electron chi connectivity index (χ2n) is 5.23. The number of hydrogen-bond acceptors (Lipinski definition) is 5. The summed E-state index contributed by atoms with van der Waals surface area (Å²) in [7, 11) is 0. The molecular formula is C13H20ClN5O. The van der Waals surface area contributed by atoms with Gasteiger partial charge in [-0.1, -0.05) is 11.6 Å². The third kappa shape index (κ3) is 3.52. The highest BCUT2D eigenvalue weighted by molar-refractivity contribution is 6.30. The molecule has 20 heavy (non-hydrogen) atoms. The number of ether oxygens (including phenoxy) is 1. The molecule has 0 unspecified atom stereocenters. The molecule has 0 radical (unpaired) electrons. The fourth-order valence-electron chi connectivity index (χ4n) is 2.56. The smallest absolute Gasteiger partial charge is 0.0922 e. The molecule has 1 saturated heterocycles. The topological polar surface area (TPSA) is 65.2 Å². The molecule has 0 bridgehead atoms. The van der Waals surface area contributed by atoms with Gasteiger partial charge in [-0.3, -0.25) is 4.90 Å². The van der Waals surface area contributed by atoms with Crippen LogP contribution in [-0.4, -0.2) is 47.2 Å². The van der Waals surface area contributed by atoms with Gasteiger partial charge in [0, 0.05) is 19.6 Å². The molecule has 3 rings (SSSR count). The second kappa shape index (κ2) is 6.58. The maximum absolute atomic E-state index is 6.13. The molecule has 7 heteroatoms. The van der Waals surface area contributed by atoms with Gasteiger partial charge in [-0.2, -0.15) is 0 Å². The van der Waals surface area contributed by atoms with Gasteiger partial charge in [-0.25, -0.2) is 10.4 Å². The van der Waals surface area contributed by atoms with E-state index in [9.17, 15) is 0 Å². The van der Waals surface area contributed by atoms with Gasteiger partial charge in [-0.15, -0.1) is 0 Å². The Kier molecular flexibility index (Phi) is 4.57. The number of piperidine rings is 1. The van der Waals surface area contributed by atoms with Crippen LogP contribution in [0, 0.1) is 0 Å². The lowest BCUT2D eigenvalue weighted by molar-refractivity contribution is -0.00222. The number of halogens is 1. The Morgan fingerprint density at radius 2 is 2.25 bits per heavy atom. The minimum absolute atomic E-state index is 0.341. The molecule has 0 amide bonds. The molecule has 0 aromatic carbocycles. The number of H-pyrrole nitrogens is 1. The fourth-order valence-corrected chi connectivity index (χ4v) is 2.73. The highest BCUT2D eigenvalue weighted by Gasteiger charge is 2.22. The van der Waals surface area contributed by atoms with Gasteiger partial charge >= 0.3 is 0 Å². The van der Waals surface area contributed by atoms with Crippen LogP contribution in [0.2, 0.25) is 0 Å². The number of likely N-dealkylation sites (tertiary alicyclic amines) is 1. The van der Waals surface area contributed by atoms with E-state index in [-0.39, 0.29) is 0 Å². The number of aromatic amines is 1. The molecule has 1 aromatic rings. The molecular weight excluding hydrogens is 278 g/mol. The van der Waals surface area contributed by atoms with E-state index >= 15 is 0 Å². The summed E-state index contributed by atoms with van der Waals surface area (Å²) in [6, 6.07) is 0. The summed E-state index contributed by atoms with van der Waals surface area (Å²) in [6.45, 7) is 4.32. The maximum Gasteiger partial charge on any atom is 0.0922 e. The van der Waals surface area contributed by atoms with E-state index in [1.165, 1.54) is 0 Å². The van der Waals surface area contributed by atoms with Gasteiger partial charge in [0.2, 0.25) is 0 Å². The van der Waals surface area contributed by atoms with Crippen LogP contribution in [0.3, 0.4) is 0 Å². The molecule has 1 fully saturated rings. The molecule has 0 aliphatic carbocycles. The van der Waals surface area contributed by atoms with E-state index in [2.05, 4.69) is 25.7 Å². The Labute approximate surface area is 123 Å². The van der Waals surface area contributed by atoms with Crippen molar-refractivity contribution in [3.8, 4) is 0 Å². The summed E-state index contributed by atoms with van der Waals surface area (Å²) in [5.74, 6) is 0. The highest BCUT2D eigenvalue weighted by Crippen LogP contribution is 2.18. The molecule has 110 valence electrons. The lowest BCUT2D eigenvalue weighted by atomic mass is 10.1. The van der Waals surface area contributed by atoms with E-state index in [0.717, 1.165) is 55.4 Å². The zero-order valence-corrected chi connectivity index (χ0v) is 12.1. The molecule has 3 heterocycles. The third-order valence-corrected chi connectivity index (χ3v) is 4.12. The summed E-state index contributed by atoms with van der Waals surface area (Å²) in [5.41, 5.74) is 8.30. The minimum Gasteiger partial charge on any atom is -0.372 e. The van der Waals surface area contributed by atoms with Crippen molar-refractivity contribution in [2.75, 3.05) is 26.2 Å². The fraction of sp³-hybridized carbons (Fsp3) is 0.615. The molecule has 3 N–H and O–H groups in total. The first-order valence-electron chi connectivity index (χ1n) is 6.99. The Morgan fingerprint density at radius 3 is 2.90 bits per heavy atom. The maximum atomic E-state index is 6.13. The van der Waals surface area contributed by atoms with Gasteiger partial charge in [0.1, 0.15) is 0 Å². The van der Waals surface area contributed by atoms with Crippen LogP contribution >= 0.6 is 11.6 Å². The first kappa shape index (κ1) is 13.9. The van der Waals surface area contributed by atoms with Crippen molar-refractivity contribution in [3.63, 3.8) is 0 Å². The van der Waals surface area contributed by atoms with E-state index in [1.54, 1.807) is 6.33 Å². The summed E-state index contributed by atoms with van der Waals surface area (Å²) in [6.07, 6.45) is 5.96. The van der Waals surface area contributed by atoms with Crippen molar-refractivity contribution < 1.29 is 4.74 Å². The Hall–Kier alpha value is -1.08. The van der Waals surface area contributed by atoms with Crippen LogP contribution in [0.25, 0.3) is 0 Å². The highest BCUT2D eigenvalue weighted by atomic mass is 35.5. The van der Waals surface area contributed by atoms with Crippen LogP contribution in [-0.2, 0) is 11.3 Å². The van der Waals surface area contributed by atoms with Crippen molar-refractivity contribution >= 4 is 11.6 Å². The molecule has 0 spiro atoms. The number of hydrazine groups is 1. The van der Waals surface area contributed by atoms with E-state index in [4.69, 9.17) is 16.3 Å². The van der Waals surface area contributed by atoms with Gasteiger partial charge < -0.3 is 15.1 Å². The van der Waals surface area contributed by atoms with Crippen LogP contribution in [0.5, 0.6) is 0 Å². The predicted octanol–water partition coefficient (Wildman–Crippen LogP) is 0.949. The lowest BCUT2D eigenvalue weighted by Gasteiger charge is -2.32. The van der Waals surface area contributed by atoms with Gasteiger partial charge in [0.25, 0.3) is 0 Å². The lowest BCUT2D eigenvalue weighted by Crippen LogP contribution is -2.40. The van der Waals surface area contributed by atoms with Crippen molar-refractivity contribution in [2.45, 2.75) is 25.6 Å². The second-order valence-corrected chi connectivity index (χ2v) is 5.68. The van der Waals surface area contributed by atoms with Crippen LogP contribution in [0.4, 0.5) is 0 Å². The van der Waals surface area contributed by atoms with Crippen molar-refractivity contribution in [3.05, 3.63) is 28.9 Å². The molecule has 1 aromatic heterocycles. The average Bonchev–Trinajstić information content (AvgIpc) is 3.11. The SMILES string of the molecule is ClC1=C(CN2CCC(OCc3cnc[nH]3)CC2)NNC1. The van der Waals surface area contributed by atoms with Crippen molar-refractivity contribution in [1.82, 2.24) is 25.7 Å². The Balaban J connectivity index is 1.39. The van der Waals surface area contributed by atoms with E-state index in [1.807, 2.05) is 6.20 Å². The first-order valence-corrected chi connectivity index (χ1v) is 7.36. The van der Waals surface area contributed by atoms with Crippen LogP contribution < -0.4 is 10.9 Å². The van der Waals surface area contributed by atoms with Gasteiger partial charge in [0.15, 0.2) is 0 Å². The summed E-state index contributed by atoms with van der Waals surface area (Å²) in [4.78, 5) is 9.45. The quantitative estimate of drug-likeness (QED) is 0.755. The molecule has 0 saturated carbocycles. The van der Waals surface area contributed by atoms with Crippen molar-refractivity contribution in [2.24, 2.45) is 0 Å². The van der Waals surface area contributed by atoms with Crippen LogP contribution in [0.1, 0.15) is 18.5 Å². The van der Waals surface area contributed by atoms with Crippen LogP contribution in [0.15, 0.2) is 23.3 Å². The largest absolute Gasteiger partial charge is 0.372 e. The molecule has 0 atom stereocenters. The van der Waals surface area contributed by atoms with E-state index in [0.29, 0.717) is 12.7 Å². The third-order valence-electron chi connectivity index (χ3n) is 3.76. The standard InChI is InChI=1S/C13H20ClN5O/c14-12-6-17-18-13(12)7-19-3-1-11(2-4-19)20-8-10-5-15-9-16-10/h5,9,11,17-18H,1-4,6-8H2,(H,15,16). The number of nitrogens with one attached hydrogen (secondary N) is 3. The average molecular weight is 298 g/mol. The molecule has 6 nitrogen and oxygen atoms in total. The zero-order valence-electron chi connectivity index (χ0n) is 11.4. The van der Waals surface area contributed by atoms with Gasteiger partial charge in [0.05, 0.1) is 48.2 Å². The normalized spacial score (nSPS) is 21.4. The predicted molar refractivity (Wildman–Crippen MR) is 76.9 cm³/mol. The van der Waals surface area contributed by atoms with E-state index < -0.39 is 0 Å². The summed E-state index contributed by atoms with van der Waals surface area (Å²) in [5, 5.41) is 0.891. The Morgan fingerprint density at radius 1 is 1.40 bits per heavy atom. The molecule has 2 aliphatic rings. The summed E-state index contributed by atoms with van der Waals surface area (Å²) < 4.78 is 5.90. The number of rotatable bonds is 5. The number of aromatic nitrogens is 2. The first-order chi connectivity index (χ1) is 9.81. The Bertz CT molecular complexity index is 453. The van der Waals surface area contributed by atoms with Gasteiger partial charge in [-0.05, 0) is 12.8 Å². The number of nitrogens with zero attached hydrogens (tertiary/aromatic N) is 2. The zero-order chi connectivity index (χ0) is 13.8. The number of hydrogen-bond donors (Lipinski definition) is 3. The monoisotopic (exact) mass is 297 g/mol.